The molecule has 0 amide bonds. The highest BCUT2D eigenvalue weighted by atomic mass is 79.9. The van der Waals surface area contributed by atoms with Crippen molar-refractivity contribution in [2.45, 2.75) is 31.4 Å². The number of hydrogen-bond acceptors (Lipinski definition) is 2. The van der Waals surface area contributed by atoms with E-state index in [9.17, 15) is 5.11 Å². The van der Waals surface area contributed by atoms with E-state index >= 15 is 0 Å². The van der Waals surface area contributed by atoms with Gasteiger partial charge in [0.25, 0.3) is 0 Å². The Morgan fingerprint density at radius 1 is 1.39 bits per heavy atom. The van der Waals surface area contributed by atoms with Crippen molar-refractivity contribution in [2.75, 3.05) is 0 Å². The molecule has 1 aliphatic carbocycles. The third-order valence-corrected chi connectivity index (χ3v) is 4.12. The molecule has 3 nitrogen and oxygen atoms in total. The van der Waals surface area contributed by atoms with Crippen LogP contribution in [0.2, 0.25) is 0 Å². The van der Waals surface area contributed by atoms with Crippen LogP contribution in [-0.4, -0.2) is 14.7 Å². The van der Waals surface area contributed by atoms with Crippen molar-refractivity contribution in [1.82, 2.24) is 9.55 Å². The monoisotopic (exact) mass is 306 g/mol. The maximum atomic E-state index is 10.4. The van der Waals surface area contributed by atoms with Gasteiger partial charge in [0.2, 0.25) is 0 Å². The minimum atomic E-state index is -0.494. The number of aliphatic hydroxyl groups is 1. The summed E-state index contributed by atoms with van der Waals surface area (Å²) in [7, 11) is 0. The first-order chi connectivity index (χ1) is 8.75. The zero-order chi connectivity index (χ0) is 12.5. The first-order valence-corrected chi connectivity index (χ1v) is 6.98. The molecule has 1 heterocycles. The molecule has 1 unspecified atom stereocenters. The maximum Gasteiger partial charge on any atom is 0.0996 e. The van der Waals surface area contributed by atoms with Crippen LogP contribution in [0.3, 0.4) is 0 Å². The highest BCUT2D eigenvalue weighted by Crippen LogP contribution is 2.37. The van der Waals surface area contributed by atoms with Crippen molar-refractivity contribution in [1.29, 1.82) is 0 Å². The van der Waals surface area contributed by atoms with Gasteiger partial charge in [0, 0.05) is 16.9 Å². The molecule has 94 valence electrons. The molecule has 0 spiro atoms. The highest BCUT2D eigenvalue weighted by Gasteiger charge is 2.27. The number of benzene rings is 1. The Bertz CT molecular complexity index is 548. The lowest BCUT2D eigenvalue weighted by atomic mass is 10.1. The minimum absolute atomic E-state index is 0.494. The molecule has 0 aliphatic heterocycles. The summed E-state index contributed by atoms with van der Waals surface area (Å²) in [6, 6.07) is 8.56. The standard InChI is InChI=1S/C14H15BrN2O/c15-12-4-2-1-3-10(12)7-14(18)13-8-16-9-17(13)11-5-6-11/h1-4,8-9,11,14,18H,5-7H2. The number of hydrogen-bond donors (Lipinski definition) is 1. The first kappa shape index (κ1) is 11.9. The van der Waals surface area contributed by atoms with Crippen molar-refractivity contribution >= 4 is 15.9 Å². The summed E-state index contributed by atoms with van der Waals surface area (Å²) in [6.07, 6.45) is 6.12. The van der Waals surface area contributed by atoms with E-state index in [-0.39, 0.29) is 0 Å². The lowest BCUT2D eigenvalue weighted by molar-refractivity contribution is 0.168. The molecule has 0 bridgehead atoms. The van der Waals surface area contributed by atoms with Crippen LogP contribution in [0, 0.1) is 0 Å². The number of nitrogens with zero attached hydrogens (tertiary/aromatic N) is 2. The van der Waals surface area contributed by atoms with E-state index in [0.29, 0.717) is 12.5 Å². The minimum Gasteiger partial charge on any atom is -0.386 e. The molecule has 18 heavy (non-hydrogen) atoms. The molecule has 1 atom stereocenters. The summed E-state index contributed by atoms with van der Waals surface area (Å²) in [5.74, 6) is 0. The summed E-state index contributed by atoms with van der Waals surface area (Å²) >= 11 is 3.51. The SMILES string of the molecule is OC(Cc1ccccc1Br)c1cncn1C1CC1. The Morgan fingerprint density at radius 3 is 2.89 bits per heavy atom. The van der Waals surface area contributed by atoms with Crippen LogP contribution >= 0.6 is 15.9 Å². The Hall–Kier alpha value is -1.13. The number of imidazole rings is 1. The lowest BCUT2D eigenvalue weighted by Crippen LogP contribution is -2.08. The molecule has 1 N–H and O–H groups in total. The van der Waals surface area contributed by atoms with E-state index < -0.39 is 6.10 Å². The van der Waals surface area contributed by atoms with Crippen molar-refractivity contribution in [3.63, 3.8) is 0 Å². The highest BCUT2D eigenvalue weighted by molar-refractivity contribution is 9.10. The Labute approximate surface area is 115 Å². The normalized spacial score (nSPS) is 16.8. The molecule has 1 saturated carbocycles. The van der Waals surface area contributed by atoms with Gasteiger partial charge in [-0.1, -0.05) is 34.1 Å². The van der Waals surface area contributed by atoms with Gasteiger partial charge >= 0.3 is 0 Å². The maximum absolute atomic E-state index is 10.4. The van der Waals surface area contributed by atoms with Gasteiger partial charge in [-0.25, -0.2) is 4.98 Å². The van der Waals surface area contributed by atoms with Gasteiger partial charge in [0.1, 0.15) is 0 Å². The summed E-state index contributed by atoms with van der Waals surface area (Å²) in [5.41, 5.74) is 2.04. The van der Waals surface area contributed by atoms with Crippen LogP contribution in [0.4, 0.5) is 0 Å². The molecule has 0 radical (unpaired) electrons. The van der Waals surface area contributed by atoms with Gasteiger partial charge in [-0.15, -0.1) is 0 Å². The van der Waals surface area contributed by atoms with E-state index in [2.05, 4.69) is 25.5 Å². The van der Waals surface area contributed by atoms with E-state index in [1.165, 1.54) is 12.8 Å². The second kappa shape index (κ2) is 4.86. The van der Waals surface area contributed by atoms with Crippen LogP contribution in [0.15, 0.2) is 41.3 Å². The summed E-state index contributed by atoms with van der Waals surface area (Å²) < 4.78 is 3.16. The molecule has 1 aromatic heterocycles. The molecule has 4 heteroatoms. The molecule has 3 rings (SSSR count). The predicted octanol–water partition coefficient (Wildman–Crippen LogP) is 3.26. The smallest absolute Gasteiger partial charge is 0.0996 e. The molecule has 0 saturated heterocycles. The van der Waals surface area contributed by atoms with E-state index in [4.69, 9.17) is 0 Å². The Kier molecular flexibility index (Phi) is 3.22. The third kappa shape index (κ3) is 2.35. The fourth-order valence-corrected chi connectivity index (χ4v) is 2.65. The topological polar surface area (TPSA) is 38.1 Å². The van der Waals surface area contributed by atoms with E-state index in [1.807, 2.05) is 30.6 Å². The molecular weight excluding hydrogens is 292 g/mol. The van der Waals surface area contributed by atoms with E-state index in [1.54, 1.807) is 6.20 Å². The number of aromatic nitrogens is 2. The lowest BCUT2D eigenvalue weighted by Gasteiger charge is -2.14. The number of aliphatic hydroxyl groups excluding tert-OH is 1. The largest absolute Gasteiger partial charge is 0.386 e. The Morgan fingerprint density at radius 2 is 2.17 bits per heavy atom. The fraction of sp³-hybridized carbons (Fsp3) is 0.357. The molecule has 2 aromatic rings. The van der Waals surface area contributed by atoms with Crippen molar-refractivity contribution < 1.29 is 5.11 Å². The molecule has 1 aromatic carbocycles. The van der Waals surface area contributed by atoms with Crippen LogP contribution in [0.5, 0.6) is 0 Å². The predicted molar refractivity (Wildman–Crippen MR) is 73.3 cm³/mol. The number of halogens is 1. The van der Waals surface area contributed by atoms with Crippen LogP contribution in [0.25, 0.3) is 0 Å². The van der Waals surface area contributed by atoms with Crippen molar-refractivity contribution in [3.05, 3.63) is 52.5 Å². The van der Waals surface area contributed by atoms with Crippen molar-refractivity contribution in [2.24, 2.45) is 0 Å². The van der Waals surface area contributed by atoms with Crippen molar-refractivity contribution in [3.8, 4) is 0 Å². The van der Waals surface area contributed by atoms with Crippen LogP contribution in [-0.2, 0) is 6.42 Å². The second-order valence-corrected chi connectivity index (χ2v) is 5.62. The summed E-state index contributed by atoms with van der Waals surface area (Å²) in [6.45, 7) is 0. The summed E-state index contributed by atoms with van der Waals surface area (Å²) in [4.78, 5) is 4.16. The molecule has 1 aliphatic rings. The van der Waals surface area contributed by atoms with Gasteiger partial charge in [-0.05, 0) is 24.5 Å². The second-order valence-electron chi connectivity index (χ2n) is 4.77. The van der Waals surface area contributed by atoms with Gasteiger partial charge in [-0.2, -0.15) is 0 Å². The first-order valence-electron chi connectivity index (χ1n) is 6.19. The van der Waals surface area contributed by atoms with Crippen LogP contribution < -0.4 is 0 Å². The van der Waals surface area contributed by atoms with Gasteiger partial charge in [0.15, 0.2) is 0 Å². The average molecular weight is 307 g/mol. The van der Waals surface area contributed by atoms with Gasteiger partial charge in [-0.3, -0.25) is 0 Å². The van der Waals surface area contributed by atoms with Crippen LogP contribution in [0.1, 0.15) is 36.2 Å². The third-order valence-electron chi connectivity index (χ3n) is 3.35. The zero-order valence-corrected chi connectivity index (χ0v) is 11.5. The fourth-order valence-electron chi connectivity index (χ4n) is 2.21. The zero-order valence-electron chi connectivity index (χ0n) is 9.96. The molecular formula is C14H15BrN2O. The van der Waals surface area contributed by atoms with E-state index in [0.717, 1.165) is 15.7 Å². The average Bonchev–Trinajstić information content (AvgIpc) is 3.09. The quantitative estimate of drug-likeness (QED) is 0.941. The van der Waals surface area contributed by atoms with Gasteiger partial charge in [0.05, 0.1) is 24.3 Å². The summed E-state index contributed by atoms with van der Waals surface area (Å²) in [5, 5.41) is 10.4. The Balaban J connectivity index is 1.80. The number of rotatable bonds is 4. The van der Waals surface area contributed by atoms with Gasteiger partial charge < -0.3 is 9.67 Å². The molecule has 1 fully saturated rings.